The van der Waals surface area contributed by atoms with Crippen LogP contribution in [0.2, 0.25) is 5.02 Å². The van der Waals surface area contributed by atoms with Crippen molar-refractivity contribution in [2.45, 2.75) is 29.7 Å². The Morgan fingerprint density at radius 3 is 2.60 bits per heavy atom. The number of nitrogens with zero attached hydrogens (tertiary/aromatic N) is 1. The Bertz CT molecular complexity index is 643. The van der Waals surface area contributed by atoms with Crippen molar-refractivity contribution in [2.24, 2.45) is 5.73 Å². The molecule has 9 heteroatoms. The van der Waals surface area contributed by atoms with Crippen molar-refractivity contribution in [1.82, 2.24) is 4.72 Å². The van der Waals surface area contributed by atoms with E-state index in [-0.39, 0.29) is 11.6 Å². The summed E-state index contributed by atoms with van der Waals surface area (Å²) >= 11 is 5.65. The molecule has 1 saturated carbocycles. The summed E-state index contributed by atoms with van der Waals surface area (Å²) in [6.07, 6.45) is 2.43. The molecule has 1 aromatic carbocycles. The van der Waals surface area contributed by atoms with Gasteiger partial charge in [0.25, 0.3) is 5.69 Å². The van der Waals surface area contributed by atoms with Crippen LogP contribution in [0.3, 0.4) is 0 Å². The lowest BCUT2D eigenvalue weighted by Gasteiger charge is -2.37. The third-order valence-electron chi connectivity index (χ3n) is 3.37. The van der Waals surface area contributed by atoms with Crippen molar-refractivity contribution >= 4 is 27.3 Å². The highest BCUT2D eigenvalue weighted by Gasteiger charge is 2.35. The van der Waals surface area contributed by atoms with Gasteiger partial charge in [-0.3, -0.25) is 10.1 Å². The molecule has 3 N–H and O–H groups in total. The molecule has 1 fully saturated rings. The van der Waals surface area contributed by atoms with Crippen LogP contribution in [0.5, 0.6) is 0 Å². The van der Waals surface area contributed by atoms with E-state index < -0.39 is 31.1 Å². The summed E-state index contributed by atoms with van der Waals surface area (Å²) in [4.78, 5) is 9.74. The normalized spacial score (nSPS) is 17.5. The van der Waals surface area contributed by atoms with Gasteiger partial charge in [0, 0.05) is 23.2 Å². The van der Waals surface area contributed by atoms with E-state index in [1.807, 2.05) is 0 Å². The Labute approximate surface area is 121 Å². The van der Waals surface area contributed by atoms with Gasteiger partial charge in [0.1, 0.15) is 0 Å². The number of nitro benzene ring substituents is 1. The second kappa shape index (κ2) is 5.28. The second-order valence-electron chi connectivity index (χ2n) is 4.91. The van der Waals surface area contributed by atoms with Crippen LogP contribution in [0.15, 0.2) is 23.1 Å². The van der Waals surface area contributed by atoms with Crippen molar-refractivity contribution in [3.63, 3.8) is 0 Å². The summed E-state index contributed by atoms with van der Waals surface area (Å²) < 4.78 is 26.6. The van der Waals surface area contributed by atoms with E-state index >= 15 is 0 Å². The molecule has 0 amide bonds. The molecule has 0 saturated heterocycles. The quantitative estimate of drug-likeness (QED) is 0.629. The molecule has 0 atom stereocenters. The van der Waals surface area contributed by atoms with E-state index in [1.165, 1.54) is 6.07 Å². The molecule has 0 spiro atoms. The molecule has 0 heterocycles. The minimum absolute atomic E-state index is 0.0646. The highest BCUT2D eigenvalue weighted by atomic mass is 35.5. The van der Waals surface area contributed by atoms with E-state index in [4.69, 9.17) is 17.3 Å². The Kier molecular flexibility index (Phi) is 4.01. The number of nitrogens with one attached hydrogen (secondary N) is 1. The molecular weight excluding hydrogens is 306 g/mol. The summed E-state index contributed by atoms with van der Waals surface area (Å²) in [5.74, 6) is 0. The van der Waals surface area contributed by atoms with Crippen molar-refractivity contribution in [3.8, 4) is 0 Å². The number of hydrogen-bond acceptors (Lipinski definition) is 5. The minimum Gasteiger partial charge on any atom is -0.324 e. The van der Waals surface area contributed by atoms with Crippen molar-refractivity contribution in [2.75, 3.05) is 6.54 Å². The van der Waals surface area contributed by atoms with Crippen molar-refractivity contribution < 1.29 is 13.3 Å². The van der Waals surface area contributed by atoms with Gasteiger partial charge in [0.2, 0.25) is 10.0 Å². The lowest BCUT2D eigenvalue weighted by atomic mass is 9.78. The number of rotatable bonds is 5. The first-order valence-corrected chi connectivity index (χ1v) is 7.82. The Morgan fingerprint density at radius 2 is 2.10 bits per heavy atom. The summed E-state index contributed by atoms with van der Waals surface area (Å²) in [6, 6.07) is 3.43. The summed E-state index contributed by atoms with van der Waals surface area (Å²) in [5.41, 5.74) is 4.83. The molecule has 0 aliphatic heterocycles. The first kappa shape index (κ1) is 15.2. The first-order chi connectivity index (χ1) is 9.23. The maximum absolute atomic E-state index is 12.1. The number of hydrogen-bond donors (Lipinski definition) is 2. The summed E-state index contributed by atoms with van der Waals surface area (Å²) in [7, 11) is -3.99. The summed E-state index contributed by atoms with van der Waals surface area (Å²) in [5, 5.41) is 11.0. The van der Waals surface area contributed by atoms with E-state index in [9.17, 15) is 18.5 Å². The van der Waals surface area contributed by atoms with Crippen LogP contribution >= 0.6 is 11.6 Å². The third-order valence-corrected chi connectivity index (χ3v) is 5.05. The van der Waals surface area contributed by atoms with Gasteiger partial charge in [-0.15, -0.1) is 0 Å². The molecule has 0 bridgehead atoms. The van der Waals surface area contributed by atoms with Crippen LogP contribution < -0.4 is 10.5 Å². The highest BCUT2D eigenvalue weighted by Crippen LogP contribution is 2.30. The fourth-order valence-corrected chi connectivity index (χ4v) is 3.44. The molecule has 2 rings (SSSR count). The fourth-order valence-electron chi connectivity index (χ4n) is 1.98. The largest absolute Gasteiger partial charge is 0.324 e. The zero-order chi connectivity index (χ0) is 15.0. The Balaban J connectivity index is 2.27. The minimum atomic E-state index is -3.99. The second-order valence-corrected chi connectivity index (χ2v) is 7.08. The zero-order valence-electron chi connectivity index (χ0n) is 10.5. The molecule has 1 aliphatic rings. The van der Waals surface area contributed by atoms with Crippen LogP contribution in [-0.4, -0.2) is 25.4 Å². The Morgan fingerprint density at radius 1 is 1.45 bits per heavy atom. The maximum Gasteiger partial charge on any atom is 0.290 e. The van der Waals surface area contributed by atoms with E-state index in [2.05, 4.69) is 4.72 Å². The molecule has 1 aliphatic carbocycles. The van der Waals surface area contributed by atoms with Gasteiger partial charge in [0.05, 0.1) is 4.92 Å². The first-order valence-electron chi connectivity index (χ1n) is 5.96. The number of sulfonamides is 1. The van der Waals surface area contributed by atoms with Crippen LogP contribution in [0.25, 0.3) is 0 Å². The molecular formula is C11H14ClN3O4S. The van der Waals surface area contributed by atoms with Gasteiger partial charge in [0.15, 0.2) is 4.90 Å². The number of benzene rings is 1. The third kappa shape index (κ3) is 3.09. The van der Waals surface area contributed by atoms with Gasteiger partial charge in [-0.05, 0) is 31.4 Å². The Hall–Kier alpha value is -1.22. The number of halogens is 1. The van der Waals surface area contributed by atoms with Crippen LogP contribution in [-0.2, 0) is 10.0 Å². The van der Waals surface area contributed by atoms with Crippen LogP contribution in [0.4, 0.5) is 5.69 Å². The monoisotopic (exact) mass is 319 g/mol. The van der Waals surface area contributed by atoms with Gasteiger partial charge < -0.3 is 5.73 Å². The smallest absolute Gasteiger partial charge is 0.290 e. The maximum atomic E-state index is 12.1. The predicted octanol–water partition coefficient (Wildman–Crippen LogP) is 1.41. The molecule has 110 valence electrons. The number of nitrogens with two attached hydrogens (primary N) is 1. The predicted molar refractivity (Wildman–Crippen MR) is 74.1 cm³/mol. The van der Waals surface area contributed by atoms with Gasteiger partial charge in [-0.2, -0.15) is 0 Å². The average Bonchev–Trinajstić information content (AvgIpc) is 2.33. The number of nitro groups is 1. The van der Waals surface area contributed by atoms with Crippen LogP contribution in [0.1, 0.15) is 19.3 Å². The average molecular weight is 320 g/mol. The molecule has 7 nitrogen and oxygen atoms in total. The SMILES string of the molecule is NC1(CNS(=O)(=O)c2ccc(Cl)cc2[N+](=O)[O-])CCC1. The fraction of sp³-hybridized carbons (Fsp3) is 0.455. The van der Waals surface area contributed by atoms with Crippen molar-refractivity contribution in [1.29, 1.82) is 0 Å². The van der Waals surface area contributed by atoms with Crippen LogP contribution in [0, 0.1) is 10.1 Å². The van der Waals surface area contributed by atoms with E-state index in [0.717, 1.165) is 31.4 Å². The molecule has 0 aromatic heterocycles. The lowest BCUT2D eigenvalue weighted by molar-refractivity contribution is -0.387. The standard InChI is InChI=1S/C11H14ClN3O4S/c12-8-2-3-10(9(6-8)15(16)17)20(18,19)14-7-11(13)4-1-5-11/h2-3,6,14H,1,4-5,7,13H2. The molecule has 1 aromatic rings. The molecule has 0 unspecified atom stereocenters. The zero-order valence-corrected chi connectivity index (χ0v) is 12.1. The molecule has 0 radical (unpaired) electrons. The van der Waals surface area contributed by atoms with Gasteiger partial charge in [-0.1, -0.05) is 11.6 Å². The lowest BCUT2D eigenvalue weighted by Crippen LogP contribution is -2.54. The topological polar surface area (TPSA) is 115 Å². The van der Waals surface area contributed by atoms with Crippen molar-refractivity contribution in [3.05, 3.63) is 33.3 Å². The van der Waals surface area contributed by atoms with Gasteiger partial charge in [-0.25, -0.2) is 13.1 Å². The molecule has 20 heavy (non-hydrogen) atoms. The summed E-state index contributed by atoms with van der Waals surface area (Å²) in [6.45, 7) is 0.0646. The van der Waals surface area contributed by atoms with Gasteiger partial charge >= 0.3 is 0 Å². The highest BCUT2D eigenvalue weighted by molar-refractivity contribution is 7.89. The van der Waals surface area contributed by atoms with E-state index in [0.29, 0.717) is 0 Å². The van der Waals surface area contributed by atoms with E-state index in [1.54, 1.807) is 0 Å².